The number of aromatic nitrogens is 1. The number of hydrogen-bond donors (Lipinski definition) is 1. The van der Waals surface area contributed by atoms with Crippen LogP contribution in [0.3, 0.4) is 0 Å². The second-order valence-electron chi connectivity index (χ2n) is 5.63. The van der Waals surface area contributed by atoms with Crippen LogP contribution >= 0.6 is 22.9 Å². The number of amides is 1. The normalized spacial score (nSPS) is 11.3. The molecular weight excluding hydrogens is 410 g/mol. The summed E-state index contributed by atoms with van der Waals surface area (Å²) in [6, 6.07) is 4.73. The second-order valence-corrected chi connectivity index (χ2v) is 8.80. The molecule has 7 nitrogen and oxygen atoms in total. The zero-order chi connectivity index (χ0) is 20.0. The van der Waals surface area contributed by atoms with Crippen molar-refractivity contribution in [2.75, 3.05) is 24.4 Å². The molecule has 1 aromatic carbocycles. The van der Waals surface area contributed by atoms with Crippen LogP contribution in [-0.2, 0) is 21.2 Å². The Morgan fingerprint density at radius 3 is 2.78 bits per heavy atom. The van der Waals surface area contributed by atoms with Gasteiger partial charge in [0, 0.05) is 35.6 Å². The predicted molar refractivity (Wildman–Crippen MR) is 107 cm³/mol. The van der Waals surface area contributed by atoms with Crippen LogP contribution in [0, 0.1) is 6.92 Å². The van der Waals surface area contributed by atoms with E-state index in [-0.39, 0.29) is 16.1 Å². The maximum absolute atomic E-state index is 12.6. The van der Waals surface area contributed by atoms with Crippen LogP contribution in [0.5, 0.6) is 0 Å². The maximum Gasteiger partial charge on any atom is 0.409 e. The van der Waals surface area contributed by atoms with Gasteiger partial charge < -0.3 is 9.64 Å². The van der Waals surface area contributed by atoms with Gasteiger partial charge in [-0.15, -0.1) is 11.3 Å². The van der Waals surface area contributed by atoms with Crippen molar-refractivity contribution in [1.82, 2.24) is 9.88 Å². The predicted octanol–water partition coefficient (Wildman–Crippen LogP) is 3.93. The van der Waals surface area contributed by atoms with Crippen molar-refractivity contribution >= 4 is 44.2 Å². The number of carbonyl (C=O) groups is 1. The van der Waals surface area contributed by atoms with Crippen LogP contribution in [0.1, 0.15) is 24.3 Å². The van der Waals surface area contributed by atoms with E-state index >= 15 is 0 Å². The summed E-state index contributed by atoms with van der Waals surface area (Å²) in [6.45, 7) is 6.61. The molecule has 0 saturated heterocycles. The van der Waals surface area contributed by atoms with E-state index in [1.54, 1.807) is 37.1 Å². The minimum atomic E-state index is -3.78. The Morgan fingerprint density at radius 1 is 1.37 bits per heavy atom. The topological polar surface area (TPSA) is 88.6 Å². The fourth-order valence-electron chi connectivity index (χ4n) is 2.36. The molecule has 27 heavy (non-hydrogen) atoms. The summed E-state index contributed by atoms with van der Waals surface area (Å²) in [6.07, 6.45) is 1.80. The van der Waals surface area contributed by atoms with Gasteiger partial charge in [0.25, 0.3) is 10.0 Å². The molecule has 0 fully saturated rings. The number of thiazole rings is 1. The average molecular weight is 432 g/mol. The summed E-state index contributed by atoms with van der Waals surface area (Å²) in [5.74, 6) is 0. The van der Waals surface area contributed by atoms with Crippen LogP contribution in [0.25, 0.3) is 0 Å². The van der Waals surface area contributed by atoms with E-state index in [4.69, 9.17) is 16.3 Å². The Balaban J connectivity index is 2.05. The van der Waals surface area contributed by atoms with Crippen molar-refractivity contribution in [3.8, 4) is 0 Å². The summed E-state index contributed by atoms with van der Waals surface area (Å²) in [5, 5.41) is 0.653. The molecule has 10 heteroatoms. The average Bonchev–Trinajstić information content (AvgIpc) is 3.04. The minimum Gasteiger partial charge on any atom is -0.450 e. The van der Waals surface area contributed by atoms with Crippen LogP contribution in [-0.4, -0.2) is 44.1 Å². The summed E-state index contributed by atoms with van der Waals surface area (Å²) >= 11 is 7.24. The summed E-state index contributed by atoms with van der Waals surface area (Å²) < 4.78 is 32.7. The van der Waals surface area contributed by atoms with Gasteiger partial charge in [-0.05, 0) is 38.5 Å². The number of carbonyl (C=O) groups excluding carboxylic acids is 1. The molecule has 2 rings (SSSR count). The Bertz CT molecular complexity index is 899. The van der Waals surface area contributed by atoms with Gasteiger partial charge in [0.05, 0.1) is 11.5 Å². The molecule has 0 radical (unpaired) electrons. The molecule has 0 saturated carbocycles. The number of halogens is 1. The van der Waals surface area contributed by atoms with Gasteiger partial charge >= 0.3 is 6.09 Å². The number of rotatable bonds is 8. The third-order valence-corrected chi connectivity index (χ3v) is 6.81. The lowest BCUT2D eigenvalue weighted by Gasteiger charge is -2.19. The maximum atomic E-state index is 12.6. The smallest absolute Gasteiger partial charge is 0.409 e. The van der Waals surface area contributed by atoms with E-state index in [0.717, 1.165) is 4.88 Å². The lowest BCUT2D eigenvalue weighted by Crippen LogP contribution is -2.33. The van der Waals surface area contributed by atoms with Crippen molar-refractivity contribution in [1.29, 1.82) is 0 Å². The Morgan fingerprint density at radius 2 is 2.11 bits per heavy atom. The fraction of sp³-hybridized carbons (Fsp3) is 0.412. The largest absolute Gasteiger partial charge is 0.450 e. The number of anilines is 1. The summed E-state index contributed by atoms with van der Waals surface area (Å²) in [4.78, 5) is 18.5. The van der Waals surface area contributed by atoms with Crippen molar-refractivity contribution < 1.29 is 17.9 Å². The molecule has 1 amide bonds. The highest BCUT2D eigenvalue weighted by Gasteiger charge is 2.20. The van der Waals surface area contributed by atoms with Gasteiger partial charge in [-0.25, -0.2) is 18.2 Å². The molecule has 0 aliphatic rings. The van der Waals surface area contributed by atoms with Gasteiger partial charge in [-0.2, -0.15) is 0 Å². The Labute approximate surface area is 168 Å². The van der Waals surface area contributed by atoms with Crippen LogP contribution in [0.15, 0.2) is 29.3 Å². The Kier molecular flexibility index (Phi) is 7.46. The second kappa shape index (κ2) is 9.38. The van der Waals surface area contributed by atoms with Crippen LogP contribution in [0.2, 0.25) is 5.02 Å². The van der Waals surface area contributed by atoms with Crippen molar-refractivity contribution in [3.63, 3.8) is 0 Å². The van der Waals surface area contributed by atoms with E-state index in [2.05, 4.69) is 9.71 Å². The van der Waals surface area contributed by atoms with Gasteiger partial charge in [0.1, 0.15) is 0 Å². The van der Waals surface area contributed by atoms with Gasteiger partial charge in [-0.3, -0.25) is 4.72 Å². The highest BCUT2D eigenvalue weighted by atomic mass is 35.5. The molecule has 0 atom stereocenters. The lowest BCUT2D eigenvalue weighted by atomic mass is 10.2. The highest BCUT2D eigenvalue weighted by molar-refractivity contribution is 7.93. The first-order chi connectivity index (χ1) is 12.8. The SMILES string of the molecule is CCOC(=O)N(CC)CCc1cnc(NS(=O)(=O)c2cccc(Cl)c2C)s1. The molecule has 0 aliphatic heterocycles. The molecule has 2 aromatic rings. The molecular formula is C17H22ClN3O4S2. The number of hydrogen-bond acceptors (Lipinski definition) is 6. The van der Waals surface area contributed by atoms with E-state index in [9.17, 15) is 13.2 Å². The molecule has 1 heterocycles. The minimum absolute atomic E-state index is 0.117. The molecule has 1 N–H and O–H groups in total. The van der Waals surface area contributed by atoms with Crippen molar-refractivity contribution in [3.05, 3.63) is 39.9 Å². The quantitative estimate of drug-likeness (QED) is 0.684. The first-order valence-corrected chi connectivity index (χ1v) is 11.1. The van der Waals surface area contributed by atoms with Crippen LogP contribution in [0.4, 0.5) is 9.93 Å². The lowest BCUT2D eigenvalue weighted by molar-refractivity contribution is 0.109. The number of benzene rings is 1. The third kappa shape index (κ3) is 5.57. The fourth-order valence-corrected chi connectivity index (χ4v) is 4.90. The number of likely N-dealkylation sites (N-methyl/N-ethyl adjacent to an activating group) is 1. The number of ether oxygens (including phenoxy) is 1. The van der Waals surface area contributed by atoms with Gasteiger partial charge in [0.2, 0.25) is 0 Å². The number of nitrogens with zero attached hydrogens (tertiary/aromatic N) is 2. The van der Waals surface area contributed by atoms with Crippen LogP contribution < -0.4 is 4.72 Å². The summed E-state index contributed by atoms with van der Waals surface area (Å²) in [5.41, 5.74) is 0.483. The molecule has 0 unspecified atom stereocenters. The Hall–Kier alpha value is -1.84. The zero-order valence-corrected chi connectivity index (χ0v) is 17.7. The first-order valence-electron chi connectivity index (χ1n) is 8.42. The third-order valence-electron chi connectivity index (χ3n) is 3.82. The van der Waals surface area contributed by atoms with Crippen molar-refractivity contribution in [2.45, 2.75) is 32.1 Å². The van der Waals surface area contributed by atoms with E-state index in [0.29, 0.717) is 36.7 Å². The molecule has 1 aromatic heterocycles. The summed E-state index contributed by atoms with van der Waals surface area (Å²) in [7, 11) is -3.78. The molecule has 0 bridgehead atoms. The zero-order valence-electron chi connectivity index (χ0n) is 15.4. The molecule has 0 aliphatic carbocycles. The molecule has 148 valence electrons. The number of sulfonamides is 1. The van der Waals surface area contributed by atoms with E-state index in [1.807, 2.05) is 6.92 Å². The van der Waals surface area contributed by atoms with E-state index in [1.165, 1.54) is 17.4 Å². The van der Waals surface area contributed by atoms with Gasteiger partial charge in [-0.1, -0.05) is 17.7 Å². The highest BCUT2D eigenvalue weighted by Crippen LogP contribution is 2.26. The standard InChI is InChI=1S/C17H22ClN3O4S2/c1-4-21(17(22)25-5-2)10-9-13-11-19-16(26-13)20-27(23,24)15-8-6-7-14(18)12(15)3/h6-8,11H,4-5,9-10H2,1-3H3,(H,19,20). The number of nitrogens with one attached hydrogen (secondary N) is 1. The molecule has 0 spiro atoms. The van der Waals surface area contributed by atoms with Crippen molar-refractivity contribution in [2.24, 2.45) is 0 Å². The van der Waals surface area contributed by atoms with Gasteiger partial charge in [0.15, 0.2) is 5.13 Å². The first kappa shape index (κ1) is 21.5. The van der Waals surface area contributed by atoms with E-state index < -0.39 is 10.0 Å². The monoisotopic (exact) mass is 431 g/mol.